The van der Waals surface area contributed by atoms with E-state index in [4.69, 9.17) is 9.47 Å². The van der Waals surface area contributed by atoms with E-state index in [1.54, 1.807) is 23.1 Å². The van der Waals surface area contributed by atoms with Gasteiger partial charge in [0.05, 0.1) is 28.3 Å². The van der Waals surface area contributed by atoms with Gasteiger partial charge in [-0.25, -0.2) is 13.2 Å². The summed E-state index contributed by atoms with van der Waals surface area (Å²) < 4.78 is 54.0. The molecule has 50 heavy (non-hydrogen) atoms. The molecule has 6 atom stereocenters. The van der Waals surface area contributed by atoms with Crippen LogP contribution in [0.3, 0.4) is 0 Å². The standard InChI is InChI=1S/C37H42I3NO8S/c1-18(2)41-32-25-17-26(33(32)49-36(43)27-13-21(38)14-28(39)31(27)40)30(29(25)35(41)42)37(44)48-22-15-23(19-9-5-3-6-10-19)34(50(45,46)47)24(16-22)20-11-7-4-8-12-20/h13-16,18-20,25-26,29-30,32-33H,3-12,17H2,1-2H3,(H,45,46,47)/p-1. The first-order chi connectivity index (χ1) is 23.8. The normalized spacial score (nSPS) is 28.5. The Kier molecular flexibility index (Phi) is 10.9. The second kappa shape index (κ2) is 14.6. The second-order valence-corrected chi connectivity index (χ2v) is 19.8. The first-order valence-electron chi connectivity index (χ1n) is 17.8. The monoisotopic (exact) mass is 1040 g/mol. The van der Waals surface area contributed by atoms with Gasteiger partial charge in [-0.3, -0.25) is 9.59 Å². The van der Waals surface area contributed by atoms with Crippen LogP contribution in [0.2, 0.25) is 0 Å². The molecular weight excluding hydrogens is 999 g/mol. The van der Waals surface area contributed by atoms with Crippen LogP contribution in [-0.2, 0) is 24.4 Å². The second-order valence-electron chi connectivity index (χ2n) is 15.0. The smallest absolute Gasteiger partial charge is 0.339 e. The number of carbonyl (C=O) groups excluding carboxylic acids is 3. The first kappa shape index (κ1) is 37.3. The van der Waals surface area contributed by atoms with Crippen molar-refractivity contribution in [2.45, 2.75) is 119 Å². The van der Waals surface area contributed by atoms with Crippen molar-refractivity contribution < 1.29 is 36.8 Å². The number of rotatable bonds is 8. The van der Waals surface area contributed by atoms with Gasteiger partial charge in [0.1, 0.15) is 22.0 Å². The van der Waals surface area contributed by atoms with Crippen LogP contribution in [0.15, 0.2) is 29.2 Å². The van der Waals surface area contributed by atoms with Gasteiger partial charge in [-0.05, 0) is 167 Å². The number of amides is 1. The molecule has 2 bridgehead atoms. The zero-order chi connectivity index (χ0) is 35.6. The topological polar surface area (TPSA) is 130 Å². The molecule has 0 spiro atoms. The van der Waals surface area contributed by atoms with E-state index in [0.29, 0.717) is 23.1 Å². The number of hydrogen-bond donors (Lipinski definition) is 0. The van der Waals surface area contributed by atoms with Crippen LogP contribution in [0.4, 0.5) is 0 Å². The lowest BCUT2D eigenvalue weighted by Gasteiger charge is -2.35. The molecular formula is C37H41I3NO8S-. The van der Waals surface area contributed by atoms with Crippen molar-refractivity contribution in [1.29, 1.82) is 0 Å². The molecule has 5 aliphatic rings. The van der Waals surface area contributed by atoms with E-state index in [0.717, 1.165) is 74.9 Å². The van der Waals surface area contributed by atoms with Crippen molar-refractivity contribution in [1.82, 2.24) is 4.90 Å². The largest absolute Gasteiger partial charge is 0.744 e. The van der Waals surface area contributed by atoms with Crippen LogP contribution in [0.1, 0.15) is 118 Å². The summed E-state index contributed by atoms with van der Waals surface area (Å²) in [4.78, 5) is 43.9. The Bertz CT molecular complexity index is 1780. The molecule has 0 radical (unpaired) electrons. The van der Waals surface area contributed by atoms with E-state index in [1.807, 2.05) is 19.9 Å². The van der Waals surface area contributed by atoms with Crippen molar-refractivity contribution in [2.24, 2.45) is 23.7 Å². The van der Waals surface area contributed by atoms with Gasteiger partial charge in [-0.1, -0.05) is 38.5 Å². The maximum absolute atomic E-state index is 14.4. The van der Waals surface area contributed by atoms with Gasteiger partial charge < -0.3 is 18.9 Å². The Labute approximate surface area is 334 Å². The summed E-state index contributed by atoms with van der Waals surface area (Å²) in [5, 5.41) is 0. The third-order valence-electron chi connectivity index (χ3n) is 11.9. The highest BCUT2D eigenvalue weighted by Crippen LogP contribution is 2.60. The summed E-state index contributed by atoms with van der Waals surface area (Å²) in [6.45, 7) is 3.89. The molecule has 13 heteroatoms. The lowest BCUT2D eigenvalue weighted by Crippen LogP contribution is -2.48. The molecule has 270 valence electrons. The Balaban J connectivity index is 1.24. The third-order valence-corrected chi connectivity index (χ3v) is 16.5. The molecule has 0 aromatic heterocycles. The van der Waals surface area contributed by atoms with Crippen LogP contribution in [0.25, 0.3) is 0 Å². The predicted octanol–water partition coefficient (Wildman–Crippen LogP) is 8.13. The van der Waals surface area contributed by atoms with Crippen molar-refractivity contribution >= 4 is 95.7 Å². The Morgan fingerprint density at radius 3 is 2.00 bits per heavy atom. The van der Waals surface area contributed by atoms with Crippen LogP contribution < -0.4 is 4.74 Å². The summed E-state index contributed by atoms with van der Waals surface area (Å²) in [5.74, 6) is -3.11. The molecule has 0 N–H and O–H groups in total. The van der Waals surface area contributed by atoms with Gasteiger partial charge in [0.15, 0.2) is 0 Å². The Morgan fingerprint density at radius 1 is 0.880 bits per heavy atom. The molecule has 1 aliphatic heterocycles. The number of hydrogen-bond acceptors (Lipinski definition) is 8. The third kappa shape index (κ3) is 6.78. The zero-order valence-electron chi connectivity index (χ0n) is 28.0. The van der Waals surface area contributed by atoms with Gasteiger partial charge in [-0.15, -0.1) is 0 Å². The minimum atomic E-state index is -4.80. The van der Waals surface area contributed by atoms with E-state index in [2.05, 4.69) is 67.8 Å². The first-order valence-corrected chi connectivity index (χ1v) is 22.4. The number of nitrogens with zero attached hydrogens (tertiary/aromatic N) is 1. The van der Waals surface area contributed by atoms with Gasteiger partial charge in [0, 0.05) is 22.7 Å². The summed E-state index contributed by atoms with van der Waals surface area (Å²) in [6.07, 6.45) is 8.84. The van der Waals surface area contributed by atoms with Crippen molar-refractivity contribution in [3.05, 3.63) is 51.7 Å². The highest BCUT2D eigenvalue weighted by atomic mass is 127. The summed E-state index contributed by atoms with van der Waals surface area (Å²) in [6, 6.07) is 6.54. The van der Waals surface area contributed by atoms with Crippen molar-refractivity contribution in [3.8, 4) is 5.75 Å². The average molecular weight is 1040 g/mol. The molecule has 1 amide bonds. The van der Waals surface area contributed by atoms with E-state index in [-0.39, 0.29) is 46.4 Å². The van der Waals surface area contributed by atoms with Crippen LogP contribution >= 0.6 is 67.8 Å². The number of halogens is 3. The lowest BCUT2D eigenvalue weighted by atomic mass is 9.78. The average Bonchev–Trinajstić information content (AvgIpc) is 3.69. The summed E-state index contributed by atoms with van der Waals surface area (Å²) in [7, 11) is -4.80. The maximum Gasteiger partial charge on any atom is 0.339 e. The van der Waals surface area contributed by atoms with E-state index in [9.17, 15) is 27.4 Å². The van der Waals surface area contributed by atoms with Gasteiger partial charge in [0.25, 0.3) is 0 Å². The van der Waals surface area contributed by atoms with E-state index in [1.165, 1.54) is 0 Å². The molecule has 7 rings (SSSR count). The predicted molar refractivity (Wildman–Crippen MR) is 210 cm³/mol. The molecule has 5 fully saturated rings. The number of fused-ring (bicyclic) bond motifs is 1. The lowest BCUT2D eigenvalue weighted by molar-refractivity contribution is -0.147. The minimum Gasteiger partial charge on any atom is -0.744 e. The fourth-order valence-corrected chi connectivity index (χ4v) is 13.3. The van der Waals surface area contributed by atoms with Gasteiger partial charge in [0.2, 0.25) is 5.91 Å². The van der Waals surface area contributed by atoms with Gasteiger partial charge in [-0.2, -0.15) is 0 Å². The van der Waals surface area contributed by atoms with Crippen LogP contribution in [-0.4, -0.2) is 53.9 Å². The summed E-state index contributed by atoms with van der Waals surface area (Å²) >= 11 is 6.53. The quantitative estimate of drug-likeness (QED) is 0.0853. The number of benzene rings is 2. The van der Waals surface area contributed by atoms with Crippen molar-refractivity contribution in [2.75, 3.05) is 0 Å². The number of likely N-dealkylation sites (tertiary alicyclic amines) is 1. The molecule has 1 heterocycles. The molecule has 9 nitrogen and oxygen atoms in total. The Hall–Kier alpha value is -1.05. The van der Waals surface area contributed by atoms with Crippen LogP contribution in [0.5, 0.6) is 5.75 Å². The molecule has 1 saturated heterocycles. The van der Waals surface area contributed by atoms with Crippen LogP contribution in [0, 0.1) is 34.4 Å². The van der Waals surface area contributed by atoms with E-state index < -0.39 is 45.9 Å². The number of carbonyl (C=O) groups is 3. The molecule has 2 aromatic rings. The van der Waals surface area contributed by atoms with E-state index >= 15 is 0 Å². The van der Waals surface area contributed by atoms with Gasteiger partial charge >= 0.3 is 11.9 Å². The summed E-state index contributed by atoms with van der Waals surface area (Å²) in [5.41, 5.74) is 1.39. The molecule has 4 saturated carbocycles. The number of ether oxygens (including phenoxy) is 2. The SMILES string of the molecule is CC(C)N1C(=O)C2C3CC(C(OC(=O)c4cc(I)cc(I)c4I)C31)C2C(=O)Oc1cc(C2CCCCC2)c(S(=O)(=O)[O-])c(C2CCCCC2)c1. The Morgan fingerprint density at radius 2 is 1.46 bits per heavy atom. The molecule has 6 unspecified atom stereocenters. The highest BCUT2D eigenvalue weighted by molar-refractivity contribution is 14.1. The fraction of sp³-hybridized carbons (Fsp3) is 0.595. The maximum atomic E-state index is 14.4. The minimum absolute atomic E-state index is 0.113. The fourth-order valence-electron chi connectivity index (χ4n) is 9.93. The zero-order valence-corrected chi connectivity index (χ0v) is 35.3. The molecule has 2 aromatic carbocycles. The highest BCUT2D eigenvalue weighted by Gasteiger charge is 2.71. The van der Waals surface area contributed by atoms with Crippen molar-refractivity contribution in [3.63, 3.8) is 0 Å². The number of esters is 2. The molecule has 4 aliphatic carbocycles.